The third kappa shape index (κ3) is 2.10. The average molecular weight is 217 g/mol. The molecule has 0 bridgehead atoms. The molecule has 0 unspecified atom stereocenters. The molecule has 2 rings (SSSR count). The molecule has 0 saturated heterocycles. The quantitative estimate of drug-likeness (QED) is 0.733. The van der Waals surface area contributed by atoms with Crippen LogP contribution in [-0.2, 0) is 0 Å². The largest absolute Gasteiger partial charge is 0.252 e. The van der Waals surface area contributed by atoms with Crippen LogP contribution in [0.2, 0.25) is 0 Å². The predicted molar refractivity (Wildman–Crippen MR) is 66.4 cm³/mol. The normalized spacial score (nSPS) is 10.9. The van der Waals surface area contributed by atoms with Gasteiger partial charge in [0.1, 0.15) is 0 Å². The number of hydrogen-bond donors (Lipinski definition) is 0. The fourth-order valence-corrected chi connectivity index (χ4v) is 2.44. The lowest BCUT2D eigenvalue weighted by Gasteiger charge is -2.09. The Kier molecular flexibility index (Phi) is 2.87. The minimum Gasteiger partial charge on any atom is -0.252 e. The molecule has 0 radical (unpaired) electrons. The van der Waals surface area contributed by atoms with E-state index in [-0.39, 0.29) is 0 Å². The van der Waals surface area contributed by atoms with Gasteiger partial charge in [-0.25, -0.2) is 0 Å². The zero-order valence-electron chi connectivity index (χ0n) is 9.32. The van der Waals surface area contributed by atoms with Crippen LogP contribution in [-0.4, -0.2) is 4.98 Å². The van der Waals surface area contributed by atoms with Crippen LogP contribution >= 0.6 is 11.3 Å². The molecule has 2 aromatic rings. The molecular weight excluding hydrogens is 202 g/mol. The van der Waals surface area contributed by atoms with Crippen molar-refractivity contribution in [2.75, 3.05) is 0 Å². The van der Waals surface area contributed by atoms with E-state index in [9.17, 15) is 0 Å². The third-order valence-electron chi connectivity index (χ3n) is 2.52. The van der Waals surface area contributed by atoms with Gasteiger partial charge in [0.2, 0.25) is 0 Å². The van der Waals surface area contributed by atoms with Crippen LogP contribution < -0.4 is 0 Å². The lowest BCUT2D eigenvalue weighted by molar-refractivity contribution is 0.844. The van der Waals surface area contributed by atoms with Crippen LogP contribution in [0.25, 0.3) is 10.6 Å². The van der Waals surface area contributed by atoms with Gasteiger partial charge in [-0.15, -0.1) is 11.3 Å². The molecule has 0 aliphatic carbocycles. The molecule has 0 saturated carbocycles. The lowest BCUT2D eigenvalue weighted by Crippen LogP contribution is -1.95. The summed E-state index contributed by atoms with van der Waals surface area (Å²) in [6.45, 7) is 6.50. The molecule has 2 heteroatoms. The number of hydrogen-bond acceptors (Lipinski definition) is 2. The van der Waals surface area contributed by atoms with Gasteiger partial charge in [0.15, 0.2) is 0 Å². The second-order valence-corrected chi connectivity index (χ2v) is 4.95. The van der Waals surface area contributed by atoms with Crippen molar-refractivity contribution < 1.29 is 0 Å². The number of nitrogens with zero attached hydrogens (tertiary/aromatic N) is 1. The van der Waals surface area contributed by atoms with E-state index in [1.165, 1.54) is 10.4 Å². The van der Waals surface area contributed by atoms with Crippen molar-refractivity contribution in [2.45, 2.75) is 26.7 Å². The molecular formula is C13H15NS. The lowest BCUT2D eigenvalue weighted by atomic mass is 10.0. The first kappa shape index (κ1) is 10.4. The topological polar surface area (TPSA) is 12.9 Å². The van der Waals surface area contributed by atoms with Crippen LogP contribution in [0, 0.1) is 6.92 Å². The molecule has 0 amide bonds. The van der Waals surface area contributed by atoms with E-state index >= 15 is 0 Å². The second-order valence-electron chi connectivity index (χ2n) is 4.00. The van der Waals surface area contributed by atoms with E-state index in [0.29, 0.717) is 5.92 Å². The van der Waals surface area contributed by atoms with E-state index in [4.69, 9.17) is 0 Å². The van der Waals surface area contributed by atoms with Crippen molar-refractivity contribution in [1.82, 2.24) is 4.98 Å². The summed E-state index contributed by atoms with van der Waals surface area (Å²) in [6.07, 6.45) is 0. The fraction of sp³-hybridized carbons (Fsp3) is 0.308. The van der Waals surface area contributed by atoms with Crippen molar-refractivity contribution in [3.05, 3.63) is 40.9 Å². The Morgan fingerprint density at radius 3 is 2.53 bits per heavy atom. The van der Waals surface area contributed by atoms with E-state index in [2.05, 4.69) is 55.4 Å². The van der Waals surface area contributed by atoms with Gasteiger partial charge < -0.3 is 0 Å². The zero-order chi connectivity index (χ0) is 10.8. The first-order valence-corrected chi connectivity index (χ1v) is 6.08. The molecule has 2 aromatic heterocycles. The van der Waals surface area contributed by atoms with Gasteiger partial charge >= 0.3 is 0 Å². The van der Waals surface area contributed by atoms with Gasteiger partial charge in [0, 0.05) is 5.69 Å². The fourth-order valence-electron chi connectivity index (χ4n) is 1.74. The minimum atomic E-state index is 0.551. The number of rotatable bonds is 2. The molecule has 2 heterocycles. The maximum atomic E-state index is 4.65. The molecule has 0 aliphatic rings. The zero-order valence-corrected chi connectivity index (χ0v) is 10.1. The molecule has 0 N–H and O–H groups in total. The Bertz CT molecular complexity index is 444. The van der Waals surface area contributed by atoms with Gasteiger partial charge in [-0.3, -0.25) is 4.98 Å². The number of aryl methyl sites for hydroxylation is 1. The van der Waals surface area contributed by atoms with E-state index in [1.54, 1.807) is 11.3 Å². The highest BCUT2D eigenvalue weighted by atomic mass is 32.1. The summed E-state index contributed by atoms with van der Waals surface area (Å²) in [7, 11) is 0. The summed E-state index contributed by atoms with van der Waals surface area (Å²) in [4.78, 5) is 5.89. The van der Waals surface area contributed by atoms with Crippen molar-refractivity contribution in [1.29, 1.82) is 0 Å². The maximum Gasteiger partial charge on any atom is 0.0805 e. The first-order chi connectivity index (χ1) is 7.18. The van der Waals surface area contributed by atoms with Crippen LogP contribution in [0.5, 0.6) is 0 Å². The van der Waals surface area contributed by atoms with Gasteiger partial charge in [-0.1, -0.05) is 26.0 Å². The van der Waals surface area contributed by atoms with E-state index < -0.39 is 0 Å². The molecule has 0 atom stereocenters. The summed E-state index contributed by atoms with van der Waals surface area (Å²) in [5, 5.41) is 2.09. The first-order valence-electron chi connectivity index (χ1n) is 5.20. The van der Waals surface area contributed by atoms with E-state index in [1.807, 2.05) is 0 Å². The molecule has 0 fully saturated rings. The summed E-state index contributed by atoms with van der Waals surface area (Å²) < 4.78 is 0. The van der Waals surface area contributed by atoms with Crippen LogP contribution in [0.4, 0.5) is 0 Å². The third-order valence-corrected chi connectivity index (χ3v) is 3.41. The van der Waals surface area contributed by atoms with E-state index in [0.717, 1.165) is 11.4 Å². The van der Waals surface area contributed by atoms with Crippen LogP contribution in [0.3, 0.4) is 0 Å². The summed E-state index contributed by atoms with van der Waals surface area (Å²) in [6, 6.07) is 8.49. The molecule has 78 valence electrons. The molecule has 0 aliphatic heterocycles. The van der Waals surface area contributed by atoms with Crippen molar-refractivity contribution in [3.8, 4) is 10.6 Å². The van der Waals surface area contributed by atoms with Crippen LogP contribution in [0.1, 0.15) is 31.0 Å². The van der Waals surface area contributed by atoms with Crippen LogP contribution in [0.15, 0.2) is 29.6 Å². The highest BCUT2D eigenvalue weighted by Crippen LogP contribution is 2.25. The minimum absolute atomic E-state index is 0.551. The Hall–Kier alpha value is -1.15. The van der Waals surface area contributed by atoms with Crippen molar-refractivity contribution >= 4 is 11.3 Å². The summed E-state index contributed by atoms with van der Waals surface area (Å²) in [5.74, 6) is 0.551. The number of aromatic nitrogens is 1. The molecule has 0 spiro atoms. The summed E-state index contributed by atoms with van der Waals surface area (Å²) in [5.41, 5.74) is 3.58. The van der Waals surface area contributed by atoms with Gasteiger partial charge in [-0.05, 0) is 35.9 Å². The Labute approximate surface area is 94.8 Å². The monoisotopic (exact) mass is 217 g/mol. The molecule has 15 heavy (non-hydrogen) atoms. The Balaban J connectivity index is 2.42. The molecule has 1 nitrogen and oxygen atoms in total. The standard InChI is InChI=1S/C13H15NS/c1-9(2)11-6-7-12(14-10(11)3)13-5-4-8-15-13/h4-9H,1-3H3. The Morgan fingerprint density at radius 1 is 1.20 bits per heavy atom. The highest BCUT2D eigenvalue weighted by Gasteiger charge is 2.06. The average Bonchev–Trinajstić information content (AvgIpc) is 2.69. The van der Waals surface area contributed by atoms with Crippen molar-refractivity contribution in [3.63, 3.8) is 0 Å². The van der Waals surface area contributed by atoms with Gasteiger partial charge in [-0.2, -0.15) is 0 Å². The van der Waals surface area contributed by atoms with Gasteiger partial charge in [0.05, 0.1) is 10.6 Å². The number of pyridine rings is 1. The SMILES string of the molecule is Cc1nc(-c2cccs2)ccc1C(C)C. The maximum absolute atomic E-state index is 4.65. The van der Waals surface area contributed by atoms with Crippen molar-refractivity contribution in [2.24, 2.45) is 0 Å². The summed E-state index contributed by atoms with van der Waals surface area (Å²) >= 11 is 1.74. The molecule has 0 aromatic carbocycles. The smallest absolute Gasteiger partial charge is 0.0805 e. The Morgan fingerprint density at radius 2 is 2.00 bits per heavy atom. The van der Waals surface area contributed by atoms with Gasteiger partial charge in [0.25, 0.3) is 0 Å². The predicted octanol–water partition coefficient (Wildman–Crippen LogP) is 4.24. The number of thiophene rings is 1. The second kappa shape index (κ2) is 4.15. The highest BCUT2D eigenvalue weighted by molar-refractivity contribution is 7.13.